The standard InChI is InChI=1S/C14H26N2/c1-10-9-14(10)16-13-6-3-2-5-11(13)12-7-4-8-15-12/h10-16H,2-9H2,1H3. The summed E-state index contributed by atoms with van der Waals surface area (Å²) in [5.41, 5.74) is 0. The largest absolute Gasteiger partial charge is 0.314 e. The average Bonchev–Trinajstić information content (AvgIpc) is 2.83. The van der Waals surface area contributed by atoms with E-state index in [1.807, 2.05) is 0 Å². The maximum atomic E-state index is 3.93. The third-order valence-electron chi connectivity index (χ3n) is 4.97. The Bertz CT molecular complexity index is 235. The second-order valence-corrected chi connectivity index (χ2v) is 6.24. The van der Waals surface area contributed by atoms with Crippen LogP contribution in [0.15, 0.2) is 0 Å². The fourth-order valence-corrected chi connectivity index (χ4v) is 3.75. The Balaban J connectivity index is 1.58. The third kappa shape index (κ3) is 2.28. The van der Waals surface area contributed by atoms with Gasteiger partial charge in [0.2, 0.25) is 0 Å². The Morgan fingerprint density at radius 3 is 2.50 bits per heavy atom. The molecule has 5 atom stereocenters. The van der Waals surface area contributed by atoms with Crippen LogP contribution in [0.3, 0.4) is 0 Å². The summed E-state index contributed by atoms with van der Waals surface area (Å²) < 4.78 is 0. The van der Waals surface area contributed by atoms with E-state index in [9.17, 15) is 0 Å². The van der Waals surface area contributed by atoms with E-state index in [1.165, 1.54) is 51.5 Å². The molecule has 1 aliphatic heterocycles. The van der Waals surface area contributed by atoms with Crippen LogP contribution in [0, 0.1) is 11.8 Å². The van der Waals surface area contributed by atoms with Crippen molar-refractivity contribution in [2.24, 2.45) is 11.8 Å². The monoisotopic (exact) mass is 222 g/mol. The van der Waals surface area contributed by atoms with Gasteiger partial charge >= 0.3 is 0 Å². The van der Waals surface area contributed by atoms with E-state index in [0.717, 1.165) is 30.0 Å². The molecule has 2 N–H and O–H groups in total. The van der Waals surface area contributed by atoms with Crippen molar-refractivity contribution in [3.05, 3.63) is 0 Å². The zero-order valence-corrected chi connectivity index (χ0v) is 10.5. The smallest absolute Gasteiger partial charge is 0.0113 e. The van der Waals surface area contributed by atoms with Gasteiger partial charge in [0.05, 0.1) is 0 Å². The van der Waals surface area contributed by atoms with Gasteiger partial charge in [-0.2, -0.15) is 0 Å². The van der Waals surface area contributed by atoms with Gasteiger partial charge < -0.3 is 10.6 Å². The normalized spacial score (nSPS) is 48.2. The van der Waals surface area contributed by atoms with Crippen LogP contribution in [0.2, 0.25) is 0 Å². The summed E-state index contributed by atoms with van der Waals surface area (Å²) in [6, 6.07) is 2.50. The minimum absolute atomic E-state index is 0.819. The van der Waals surface area contributed by atoms with E-state index in [0.29, 0.717) is 0 Å². The molecule has 1 heterocycles. The van der Waals surface area contributed by atoms with Crippen LogP contribution in [-0.4, -0.2) is 24.7 Å². The number of hydrogen-bond donors (Lipinski definition) is 2. The van der Waals surface area contributed by atoms with Gasteiger partial charge in [-0.3, -0.25) is 0 Å². The summed E-state index contributed by atoms with van der Waals surface area (Å²) >= 11 is 0. The molecule has 0 bridgehead atoms. The molecule has 0 aromatic carbocycles. The van der Waals surface area contributed by atoms with Crippen molar-refractivity contribution in [2.75, 3.05) is 6.54 Å². The quantitative estimate of drug-likeness (QED) is 0.765. The highest BCUT2D eigenvalue weighted by Crippen LogP contribution is 2.35. The minimum Gasteiger partial charge on any atom is -0.314 e. The highest BCUT2D eigenvalue weighted by Gasteiger charge is 2.39. The summed E-state index contributed by atoms with van der Waals surface area (Å²) in [6.45, 7) is 3.64. The molecule has 2 nitrogen and oxygen atoms in total. The molecule has 3 rings (SSSR count). The molecule has 5 unspecified atom stereocenters. The predicted octanol–water partition coefficient (Wildman–Crippen LogP) is 2.30. The molecule has 3 aliphatic rings. The Hall–Kier alpha value is -0.0800. The van der Waals surface area contributed by atoms with E-state index in [2.05, 4.69) is 17.6 Å². The first-order valence-corrected chi connectivity index (χ1v) is 7.34. The first kappa shape index (κ1) is 11.0. The highest BCUT2D eigenvalue weighted by molar-refractivity contribution is 4.97. The molecule has 16 heavy (non-hydrogen) atoms. The van der Waals surface area contributed by atoms with Gasteiger partial charge in [-0.1, -0.05) is 19.8 Å². The molecular formula is C14H26N2. The lowest BCUT2D eigenvalue weighted by molar-refractivity contribution is 0.212. The average molecular weight is 222 g/mol. The van der Waals surface area contributed by atoms with Gasteiger partial charge in [0.25, 0.3) is 0 Å². The SMILES string of the molecule is CC1CC1NC1CCCCC1C1CCCN1. The molecule has 3 fully saturated rings. The van der Waals surface area contributed by atoms with Crippen molar-refractivity contribution in [2.45, 2.75) is 70.0 Å². The first-order valence-electron chi connectivity index (χ1n) is 7.34. The van der Waals surface area contributed by atoms with Crippen LogP contribution in [-0.2, 0) is 0 Å². The van der Waals surface area contributed by atoms with Crippen molar-refractivity contribution in [1.29, 1.82) is 0 Å². The molecular weight excluding hydrogens is 196 g/mol. The zero-order valence-electron chi connectivity index (χ0n) is 10.5. The molecule has 0 radical (unpaired) electrons. The summed E-state index contributed by atoms with van der Waals surface area (Å²) in [5.74, 6) is 1.86. The lowest BCUT2D eigenvalue weighted by Gasteiger charge is -2.36. The summed E-state index contributed by atoms with van der Waals surface area (Å²) in [4.78, 5) is 0. The topological polar surface area (TPSA) is 24.1 Å². The molecule has 0 aromatic rings. The van der Waals surface area contributed by atoms with E-state index in [-0.39, 0.29) is 0 Å². The van der Waals surface area contributed by atoms with Gasteiger partial charge in [-0.25, -0.2) is 0 Å². The number of rotatable bonds is 3. The van der Waals surface area contributed by atoms with Crippen LogP contribution in [0.25, 0.3) is 0 Å². The fraction of sp³-hybridized carbons (Fsp3) is 1.00. The molecule has 2 aliphatic carbocycles. The Labute approximate surface area is 99.6 Å². The predicted molar refractivity (Wildman–Crippen MR) is 67.5 cm³/mol. The molecule has 92 valence electrons. The lowest BCUT2D eigenvalue weighted by atomic mass is 9.79. The Morgan fingerprint density at radius 1 is 1.00 bits per heavy atom. The lowest BCUT2D eigenvalue weighted by Crippen LogP contribution is -2.47. The summed E-state index contributed by atoms with van der Waals surface area (Å²) in [5, 5.41) is 7.65. The van der Waals surface area contributed by atoms with Gasteiger partial charge in [0.1, 0.15) is 0 Å². The molecule has 1 saturated heterocycles. The van der Waals surface area contributed by atoms with Crippen LogP contribution < -0.4 is 10.6 Å². The van der Waals surface area contributed by atoms with Crippen LogP contribution in [0.1, 0.15) is 51.9 Å². The second kappa shape index (κ2) is 4.66. The summed E-state index contributed by atoms with van der Waals surface area (Å²) in [7, 11) is 0. The molecule has 0 spiro atoms. The van der Waals surface area contributed by atoms with Crippen LogP contribution >= 0.6 is 0 Å². The van der Waals surface area contributed by atoms with Crippen LogP contribution in [0.4, 0.5) is 0 Å². The number of hydrogen-bond acceptors (Lipinski definition) is 2. The van der Waals surface area contributed by atoms with Gasteiger partial charge in [-0.05, 0) is 50.5 Å². The van der Waals surface area contributed by atoms with Crippen molar-refractivity contribution in [3.8, 4) is 0 Å². The second-order valence-electron chi connectivity index (χ2n) is 6.24. The van der Waals surface area contributed by atoms with Crippen molar-refractivity contribution in [1.82, 2.24) is 10.6 Å². The van der Waals surface area contributed by atoms with E-state index in [4.69, 9.17) is 0 Å². The molecule has 2 heteroatoms. The van der Waals surface area contributed by atoms with Crippen molar-refractivity contribution < 1.29 is 0 Å². The fourth-order valence-electron chi connectivity index (χ4n) is 3.75. The molecule has 2 saturated carbocycles. The number of nitrogens with one attached hydrogen (secondary N) is 2. The first-order chi connectivity index (χ1) is 7.84. The molecule has 0 aromatic heterocycles. The zero-order chi connectivity index (χ0) is 11.0. The third-order valence-corrected chi connectivity index (χ3v) is 4.97. The van der Waals surface area contributed by atoms with E-state index in [1.54, 1.807) is 0 Å². The van der Waals surface area contributed by atoms with Gasteiger partial charge in [0, 0.05) is 18.1 Å². The maximum absolute atomic E-state index is 3.93. The summed E-state index contributed by atoms with van der Waals surface area (Å²) in [6.07, 6.45) is 10.0. The Morgan fingerprint density at radius 2 is 1.81 bits per heavy atom. The maximum Gasteiger partial charge on any atom is 0.0113 e. The van der Waals surface area contributed by atoms with E-state index >= 15 is 0 Å². The van der Waals surface area contributed by atoms with Crippen molar-refractivity contribution in [3.63, 3.8) is 0 Å². The van der Waals surface area contributed by atoms with Gasteiger partial charge in [0.15, 0.2) is 0 Å². The minimum atomic E-state index is 0.819. The molecule has 0 amide bonds. The van der Waals surface area contributed by atoms with E-state index < -0.39 is 0 Å². The van der Waals surface area contributed by atoms with Gasteiger partial charge in [-0.15, -0.1) is 0 Å². The van der Waals surface area contributed by atoms with Crippen LogP contribution in [0.5, 0.6) is 0 Å². The van der Waals surface area contributed by atoms with Crippen molar-refractivity contribution >= 4 is 0 Å². The Kier molecular flexibility index (Phi) is 3.21. The highest BCUT2D eigenvalue weighted by atomic mass is 15.0.